The lowest BCUT2D eigenvalue weighted by atomic mass is 10.0. The van der Waals surface area contributed by atoms with Gasteiger partial charge in [0.15, 0.2) is 6.10 Å². The van der Waals surface area contributed by atoms with Crippen molar-refractivity contribution in [1.29, 1.82) is 0 Å². The molecule has 0 heterocycles. The van der Waals surface area contributed by atoms with Crippen LogP contribution in [0.5, 0.6) is 0 Å². The zero-order valence-electron chi connectivity index (χ0n) is 10.9. The number of para-hydroxylation sites is 1. The second kappa shape index (κ2) is 6.75. The van der Waals surface area contributed by atoms with Crippen LogP contribution in [-0.4, -0.2) is 34.9 Å². The number of nitrogens with one attached hydrogen (secondary N) is 2. The highest BCUT2D eigenvalue weighted by molar-refractivity contribution is 5.90. The van der Waals surface area contributed by atoms with E-state index in [-0.39, 0.29) is 12.5 Å². The molecule has 0 aliphatic carbocycles. The average molecular weight is 266 g/mol. The minimum atomic E-state index is -1.61. The molecule has 0 aliphatic heterocycles. The molecule has 0 saturated carbocycles. The molecule has 0 saturated heterocycles. The minimum Gasteiger partial charge on any atom is -0.479 e. The number of carbonyl (C=O) groups is 2. The van der Waals surface area contributed by atoms with Crippen LogP contribution in [0.3, 0.4) is 0 Å². The highest BCUT2D eigenvalue weighted by Crippen LogP contribution is 2.23. The summed E-state index contributed by atoms with van der Waals surface area (Å²) in [4.78, 5) is 22.0. The molecule has 104 valence electrons. The van der Waals surface area contributed by atoms with E-state index < -0.39 is 18.1 Å². The molecule has 19 heavy (non-hydrogen) atoms. The first-order valence-electron chi connectivity index (χ1n) is 5.96. The van der Waals surface area contributed by atoms with E-state index in [1.54, 1.807) is 12.1 Å². The molecule has 0 bridgehead atoms. The number of carbonyl (C=O) groups excluding carboxylic acids is 1. The van der Waals surface area contributed by atoms with Crippen LogP contribution in [0.1, 0.15) is 25.3 Å². The highest BCUT2D eigenvalue weighted by atomic mass is 16.4. The van der Waals surface area contributed by atoms with E-state index in [2.05, 4.69) is 10.6 Å². The molecule has 1 atom stereocenters. The van der Waals surface area contributed by atoms with Crippen LogP contribution in [0.4, 0.5) is 10.5 Å². The van der Waals surface area contributed by atoms with Gasteiger partial charge in [-0.3, -0.25) is 0 Å². The maximum atomic E-state index is 11.6. The SMILES string of the molecule is CC(C)c1ccccc1NC(=O)NC[C@H](O)C(=O)O. The van der Waals surface area contributed by atoms with Gasteiger partial charge in [0, 0.05) is 5.69 Å². The molecular formula is C13H18N2O4. The zero-order chi connectivity index (χ0) is 14.4. The Morgan fingerprint density at radius 3 is 2.47 bits per heavy atom. The Bertz CT molecular complexity index is 460. The number of hydrogen-bond donors (Lipinski definition) is 4. The highest BCUT2D eigenvalue weighted by Gasteiger charge is 2.14. The number of aliphatic hydroxyl groups excluding tert-OH is 1. The monoisotopic (exact) mass is 266 g/mol. The van der Waals surface area contributed by atoms with Crippen molar-refractivity contribution >= 4 is 17.7 Å². The van der Waals surface area contributed by atoms with Gasteiger partial charge in [-0.1, -0.05) is 32.0 Å². The summed E-state index contributed by atoms with van der Waals surface area (Å²) < 4.78 is 0. The summed E-state index contributed by atoms with van der Waals surface area (Å²) in [6.45, 7) is 3.67. The fraction of sp³-hybridized carbons (Fsp3) is 0.385. The Kier molecular flexibility index (Phi) is 5.32. The Morgan fingerprint density at radius 2 is 1.89 bits per heavy atom. The van der Waals surface area contributed by atoms with Gasteiger partial charge in [-0.15, -0.1) is 0 Å². The summed E-state index contributed by atoms with van der Waals surface area (Å²) in [5.74, 6) is -1.12. The molecule has 0 aromatic heterocycles. The number of anilines is 1. The van der Waals surface area contributed by atoms with E-state index in [0.717, 1.165) is 5.56 Å². The summed E-state index contributed by atoms with van der Waals surface area (Å²) in [7, 11) is 0. The van der Waals surface area contributed by atoms with E-state index in [4.69, 9.17) is 10.2 Å². The molecule has 6 nitrogen and oxygen atoms in total. The minimum absolute atomic E-state index is 0.251. The van der Waals surface area contributed by atoms with Gasteiger partial charge in [0.2, 0.25) is 0 Å². The van der Waals surface area contributed by atoms with Crippen LogP contribution in [0.15, 0.2) is 24.3 Å². The fourth-order valence-corrected chi connectivity index (χ4v) is 1.56. The first kappa shape index (κ1) is 15.0. The molecule has 1 aromatic rings. The predicted molar refractivity (Wildman–Crippen MR) is 71.2 cm³/mol. The molecule has 0 fully saturated rings. The van der Waals surface area contributed by atoms with E-state index in [9.17, 15) is 9.59 Å². The Labute approximate surface area is 111 Å². The number of benzene rings is 1. The molecular weight excluding hydrogens is 248 g/mol. The maximum Gasteiger partial charge on any atom is 0.334 e. The van der Waals surface area contributed by atoms with Crippen molar-refractivity contribution in [2.75, 3.05) is 11.9 Å². The number of amides is 2. The maximum absolute atomic E-state index is 11.6. The van der Waals surface area contributed by atoms with Crippen LogP contribution >= 0.6 is 0 Å². The first-order chi connectivity index (χ1) is 8.91. The van der Waals surface area contributed by atoms with Crippen molar-refractivity contribution in [3.63, 3.8) is 0 Å². The smallest absolute Gasteiger partial charge is 0.334 e. The number of hydrogen-bond acceptors (Lipinski definition) is 3. The van der Waals surface area contributed by atoms with E-state index in [1.165, 1.54) is 0 Å². The van der Waals surface area contributed by atoms with E-state index >= 15 is 0 Å². The van der Waals surface area contributed by atoms with Gasteiger partial charge in [-0.2, -0.15) is 0 Å². The molecule has 1 rings (SSSR count). The number of carboxylic acid groups (broad SMARTS) is 1. The third kappa shape index (κ3) is 4.59. The van der Waals surface area contributed by atoms with Gasteiger partial charge in [0.25, 0.3) is 0 Å². The molecule has 2 amide bonds. The van der Waals surface area contributed by atoms with Gasteiger partial charge in [-0.25, -0.2) is 9.59 Å². The average Bonchev–Trinajstić information content (AvgIpc) is 2.36. The lowest BCUT2D eigenvalue weighted by Gasteiger charge is -2.14. The molecule has 0 unspecified atom stereocenters. The standard InChI is InChI=1S/C13H18N2O4/c1-8(2)9-5-3-4-6-10(9)15-13(19)14-7-11(16)12(17)18/h3-6,8,11,16H,7H2,1-2H3,(H,17,18)(H2,14,15,19)/t11-/m0/s1. The summed E-state index contributed by atoms with van der Waals surface area (Å²) in [5.41, 5.74) is 1.65. The normalized spacial score (nSPS) is 12.0. The van der Waals surface area contributed by atoms with Gasteiger partial charge in [0.1, 0.15) is 0 Å². The number of urea groups is 1. The lowest BCUT2D eigenvalue weighted by molar-refractivity contribution is -0.146. The summed E-state index contributed by atoms with van der Waals surface area (Å²) in [5, 5.41) is 22.5. The van der Waals surface area contributed by atoms with E-state index in [0.29, 0.717) is 5.69 Å². The number of aliphatic hydroxyl groups is 1. The molecule has 1 aromatic carbocycles. The second-order valence-electron chi connectivity index (χ2n) is 4.43. The van der Waals surface area contributed by atoms with Crippen LogP contribution < -0.4 is 10.6 Å². The third-order valence-corrected chi connectivity index (χ3v) is 2.57. The van der Waals surface area contributed by atoms with Crippen molar-refractivity contribution in [3.05, 3.63) is 29.8 Å². The van der Waals surface area contributed by atoms with Gasteiger partial charge in [0.05, 0.1) is 6.54 Å². The van der Waals surface area contributed by atoms with Crippen LogP contribution in [0, 0.1) is 0 Å². The Balaban J connectivity index is 2.60. The number of aliphatic carboxylic acids is 1. The predicted octanol–water partition coefficient (Wildman–Crippen LogP) is 1.38. The fourth-order valence-electron chi connectivity index (χ4n) is 1.56. The number of rotatable bonds is 5. The van der Waals surface area contributed by atoms with Crippen LogP contribution in [-0.2, 0) is 4.79 Å². The second-order valence-corrected chi connectivity index (χ2v) is 4.43. The molecule has 0 spiro atoms. The van der Waals surface area contributed by atoms with E-state index in [1.807, 2.05) is 26.0 Å². The van der Waals surface area contributed by atoms with Gasteiger partial charge >= 0.3 is 12.0 Å². The molecule has 0 radical (unpaired) electrons. The van der Waals surface area contributed by atoms with Crippen molar-refractivity contribution in [2.24, 2.45) is 0 Å². The zero-order valence-corrected chi connectivity index (χ0v) is 10.9. The quantitative estimate of drug-likeness (QED) is 0.647. The topological polar surface area (TPSA) is 98.7 Å². The van der Waals surface area contributed by atoms with Gasteiger partial charge in [-0.05, 0) is 17.5 Å². The number of carboxylic acids is 1. The summed E-state index contributed by atoms with van der Waals surface area (Å²) in [6.07, 6.45) is -1.61. The summed E-state index contributed by atoms with van der Waals surface area (Å²) in [6, 6.07) is 6.81. The largest absolute Gasteiger partial charge is 0.479 e. The van der Waals surface area contributed by atoms with Gasteiger partial charge < -0.3 is 20.8 Å². The Hall–Kier alpha value is -2.08. The Morgan fingerprint density at radius 1 is 1.26 bits per heavy atom. The molecule has 4 N–H and O–H groups in total. The molecule has 6 heteroatoms. The molecule has 0 aliphatic rings. The summed E-state index contributed by atoms with van der Waals surface area (Å²) >= 11 is 0. The van der Waals surface area contributed by atoms with Crippen molar-refractivity contribution in [2.45, 2.75) is 25.9 Å². The van der Waals surface area contributed by atoms with Crippen LogP contribution in [0.2, 0.25) is 0 Å². The van der Waals surface area contributed by atoms with Crippen molar-refractivity contribution in [1.82, 2.24) is 5.32 Å². The first-order valence-corrected chi connectivity index (χ1v) is 5.96. The van der Waals surface area contributed by atoms with Crippen molar-refractivity contribution in [3.8, 4) is 0 Å². The third-order valence-electron chi connectivity index (χ3n) is 2.57. The van der Waals surface area contributed by atoms with Crippen LogP contribution in [0.25, 0.3) is 0 Å². The lowest BCUT2D eigenvalue weighted by Crippen LogP contribution is -2.38. The van der Waals surface area contributed by atoms with Crippen molar-refractivity contribution < 1.29 is 19.8 Å².